The number of amides is 2. The smallest absolute Gasteiger partial charge is 0.317 e. The zero-order valence-corrected chi connectivity index (χ0v) is 12.8. The fourth-order valence-corrected chi connectivity index (χ4v) is 3.78. The van der Waals surface area contributed by atoms with E-state index in [1.807, 2.05) is 11.2 Å². The van der Waals surface area contributed by atoms with Crippen LogP contribution in [-0.2, 0) is 4.74 Å². The number of hydrogen-bond acceptors (Lipinski definition) is 4. The number of rotatable bonds is 3. The number of carbonyl (C=O) groups excluding carboxylic acids is 1. The highest BCUT2D eigenvalue weighted by atomic mass is 32.2. The average molecular weight is 303 g/mol. The maximum absolute atomic E-state index is 12.1. The van der Waals surface area contributed by atoms with Crippen LogP contribution in [-0.4, -0.2) is 59.3 Å². The summed E-state index contributed by atoms with van der Waals surface area (Å²) in [6.07, 6.45) is 4.60. The molecule has 2 heterocycles. The summed E-state index contributed by atoms with van der Waals surface area (Å²) in [7, 11) is 0. The number of thiocarbonyl (C=S) groups is 1. The van der Waals surface area contributed by atoms with Crippen molar-refractivity contribution in [2.24, 2.45) is 5.73 Å². The minimum atomic E-state index is -0.136. The van der Waals surface area contributed by atoms with E-state index < -0.39 is 0 Å². The second-order valence-electron chi connectivity index (χ2n) is 5.06. The highest BCUT2D eigenvalue weighted by Crippen LogP contribution is 2.34. The van der Waals surface area contributed by atoms with E-state index in [0.717, 1.165) is 25.9 Å². The number of piperidine rings is 1. The highest BCUT2D eigenvalue weighted by Gasteiger charge is 2.38. The average Bonchev–Trinajstić information content (AvgIpc) is 2.91. The minimum absolute atomic E-state index is 0.00754. The first-order chi connectivity index (χ1) is 9.07. The van der Waals surface area contributed by atoms with Crippen molar-refractivity contribution in [3.63, 3.8) is 0 Å². The largest absolute Gasteiger partial charge is 0.392 e. The summed E-state index contributed by atoms with van der Waals surface area (Å²) >= 11 is 6.87. The molecule has 0 aliphatic carbocycles. The number of nitrogens with one attached hydrogen (secondary N) is 1. The lowest BCUT2D eigenvalue weighted by Gasteiger charge is -2.40. The van der Waals surface area contributed by atoms with Gasteiger partial charge in [0.25, 0.3) is 0 Å². The van der Waals surface area contributed by atoms with E-state index in [1.165, 1.54) is 0 Å². The van der Waals surface area contributed by atoms with E-state index in [4.69, 9.17) is 22.7 Å². The van der Waals surface area contributed by atoms with Crippen LogP contribution >= 0.6 is 24.0 Å². The van der Waals surface area contributed by atoms with Gasteiger partial charge >= 0.3 is 6.03 Å². The molecule has 0 aromatic carbocycles. The Hall–Kier alpha value is -0.530. The predicted molar refractivity (Wildman–Crippen MR) is 81.6 cm³/mol. The summed E-state index contributed by atoms with van der Waals surface area (Å²) in [5.41, 5.74) is 5.84. The van der Waals surface area contributed by atoms with Crippen LogP contribution in [0.1, 0.15) is 19.3 Å². The molecule has 7 heteroatoms. The summed E-state index contributed by atoms with van der Waals surface area (Å²) in [5.74, 6) is 0. The van der Waals surface area contributed by atoms with Crippen LogP contribution in [0.15, 0.2) is 0 Å². The summed E-state index contributed by atoms with van der Waals surface area (Å²) in [5, 5.41) is 3.01. The molecule has 2 saturated heterocycles. The van der Waals surface area contributed by atoms with Crippen molar-refractivity contribution in [1.29, 1.82) is 0 Å². The maximum atomic E-state index is 12.1. The van der Waals surface area contributed by atoms with Gasteiger partial charge < -0.3 is 20.7 Å². The first-order valence-electron chi connectivity index (χ1n) is 6.55. The Morgan fingerprint density at radius 3 is 2.68 bits per heavy atom. The maximum Gasteiger partial charge on any atom is 0.317 e. The Kier molecular flexibility index (Phi) is 4.92. The topological polar surface area (TPSA) is 67.6 Å². The Morgan fingerprint density at radius 1 is 1.53 bits per heavy atom. The zero-order chi connectivity index (χ0) is 13.9. The van der Waals surface area contributed by atoms with Crippen LogP contribution in [0.3, 0.4) is 0 Å². The summed E-state index contributed by atoms with van der Waals surface area (Å²) in [6, 6.07) is 0.170. The highest BCUT2D eigenvalue weighted by molar-refractivity contribution is 8.02. The third-order valence-corrected chi connectivity index (χ3v) is 5.88. The molecule has 0 aromatic heterocycles. The molecule has 0 bridgehead atoms. The lowest BCUT2D eigenvalue weighted by atomic mass is 9.96. The van der Waals surface area contributed by atoms with Crippen molar-refractivity contribution in [3.05, 3.63) is 0 Å². The summed E-state index contributed by atoms with van der Waals surface area (Å²) in [4.78, 5) is 14.5. The van der Waals surface area contributed by atoms with E-state index in [2.05, 4.69) is 5.32 Å². The number of likely N-dealkylation sites (tertiary alicyclic amines) is 1. The van der Waals surface area contributed by atoms with Crippen molar-refractivity contribution in [2.75, 3.05) is 32.6 Å². The van der Waals surface area contributed by atoms with E-state index in [-0.39, 0.29) is 16.8 Å². The molecule has 1 atom stereocenters. The van der Waals surface area contributed by atoms with Gasteiger partial charge in [-0.3, -0.25) is 0 Å². The first-order valence-corrected chi connectivity index (χ1v) is 8.19. The molecule has 0 radical (unpaired) electrons. The molecule has 2 rings (SSSR count). The van der Waals surface area contributed by atoms with E-state index in [9.17, 15) is 4.79 Å². The Bertz CT molecular complexity index is 351. The molecule has 0 spiro atoms. The molecule has 0 saturated carbocycles. The van der Waals surface area contributed by atoms with Crippen LogP contribution in [0.2, 0.25) is 0 Å². The molecule has 2 amide bonds. The van der Waals surface area contributed by atoms with Crippen molar-refractivity contribution in [3.8, 4) is 0 Å². The fourth-order valence-electron chi connectivity index (χ4n) is 2.54. The lowest BCUT2D eigenvalue weighted by Crippen LogP contribution is -2.54. The van der Waals surface area contributed by atoms with Gasteiger partial charge in [-0.2, -0.15) is 11.8 Å². The number of nitrogens with zero attached hydrogens (tertiary/aromatic N) is 1. The molecule has 3 N–H and O–H groups in total. The third kappa shape index (κ3) is 3.32. The van der Waals surface area contributed by atoms with Crippen LogP contribution < -0.4 is 11.1 Å². The van der Waals surface area contributed by atoms with Gasteiger partial charge in [-0.15, -0.1) is 0 Å². The third-order valence-electron chi connectivity index (χ3n) is 3.96. The molecule has 2 aliphatic heterocycles. The van der Waals surface area contributed by atoms with E-state index in [0.29, 0.717) is 24.7 Å². The number of hydrogen-bond donors (Lipinski definition) is 2. The number of ether oxygens (including phenoxy) is 1. The van der Waals surface area contributed by atoms with Crippen LogP contribution in [0.5, 0.6) is 0 Å². The Morgan fingerprint density at radius 2 is 2.21 bits per heavy atom. The Balaban J connectivity index is 1.85. The quantitative estimate of drug-likeness (QED) is 0.761. The van der Waals surface area contributed by atoms with Gasteiger partial charge in [0, 0.05) is 19.7 Å². The SMILES string of the molecule is CSC1(C(N)=S)CCN(C(=O)NC2CCOC2)CC1. The lowest BCUT2D eigenvalue weighted by molar-refractivity contribution is 0.170. The van der Waals surface area contributed by atoms with Gasteiger partial charge in [-0.1, -0.05) is 12.2 Å². The molecule has 1 unspecified atom stereocenters. The molecule has 5 nitrogen and oxygen atoms in total. The first kappa shape index (κ1) is 14.9. The molecule has 2 fully saturated rings. The number of carbonyl (C=O) groups is 1. The second kappa shape index (κ2) is 6.28. The Labute approximate surface area is 123 Å². The standard InChI is InChI=1S/C12H21N3O2S2/c1-19-12(10(13)18)3-5-15(6-4-12)11(16)14-9-2-7-17-8-9/h9H,2-8H2,1H3,(H2,13,18)(H,14,16). The van der Waals surface area contributed by atoms with Crippen molar-refractivity contribution >= 4 is 35.0 Å². The van der Waals surface area contributed by atoms with Crippen molar-refractivity contribution in [2.45, 2.75) is 30.1 Å². The summed E-state index contributed by atoms with van der Waals surface area (Å²) in [6.45, 7) is 2.78. The molecular formula is C12H21N3O2S2. The van der Waals surface area contributed by atoms with Crippen LogP contribution in [0.4, 0.5) is 4.79 Å². The monoisotopic (exact) mass is 303 g/mol. The van der Waals surface area contributed by atoms with E-state index in [1.54, 1.807) is 11.8 Å². The van der Waals surface area contributed by atoms with Gasteiger partial charge in [-0.25, -0.2) is 4.79 Å². The second-order valence-corrected chi connectivity index (χ2v) is 6.69. The van der Waals surface area contributed by atoms with Gasteiger partial charge in [0.2, 0.25) is 0 Å². The predicted octanol–water partition coefficient (Wildman–Crippen LogP) is 0.969. The van der Waals surface area contributed by atoms with E-state index >= 15 is 0 Å². The fraction of sp³-hybridized carbons (Fsp3) is 0.833. The van der Waals surface area contributed by atoms with Crippen molar-refractivity contribution < 1.29 is 9.53 Å². The number of nitrogens with two attached hydrogens (primary N) is 1. The van der Waals surface area contributed by atoms with Crippen LogP contribution in [0.25, 0.3) is 0 Å². The normalized spacial score (nSPS) is 26.2. The van der Waals surface area contributed by atoms with Crippen LogP contribution in [0, 0.1) is 0 Å². The number of urea groups is 1. The molecule has 108 valence electrons. The van der Waals surface area contributed by atoms with Crippen molar-refractivity contribution in [1.82, 2.24) is 10.2 Å². The minimum Gasteiger partial charge on any atom is -0.392 e. The van der Waals surface area contributed by atoms with Gasteiger partial charge in [0.15, 0.2) is 0 Å². The molecular weight excluding hydrogens is 282 g/mol. The molecule has 2 aliphatic rings. The van der Waals surface area contributed by atoms with Gasteiger partial charge in [-0.05, 0) is 25.5 Å². The molecule has 0 aromatic rings. The summed E-state index contributed by atoms with van der Waals surface area (Å²) < 4.78 is 5.12. The molecule has 19 heavy (non-hydrogen) atoms. The van der Waals surface area contributed by atoms with Gasteiger partial charge in [0.05, 0.1) is 22.4 Å². The van der Waals surface area contributed by atoms with Gasteiger partial charge in [0.1, 0.15) is 0 Å². The zero-order valence-electron chi connectivity index (χ0n) is 11.2. The number of thioether (sulfide) groups is 1.